The predicted octanol–water partition coefficient (Wildman–Crippen LogP) is 3.25. The SMILES string of the molecule is O=C(Nc1ccccn1)C1CCN(C(=O)c2nn(-c3ccccc3)c3c2CCC3)CC1. The van der Waals surface area contributed by atoms with Crippen molar-refractivity contribution in [3.05, 3.63) is 71.7 Å². The van der Waals surface area contributed by atoms with Gasteiger partial charge in [0.2, 0.25) is 5.91 Å². The number of fused-ring (bicyclic) bond motifs is 1. The fourth-order valence-corrected chi connectivity index (χ4v) is 4.55. The Labute approximate surface area is 181 Å². The van der Waals surface area contributed by atoms with Crippen LogP contribution in [0.25, 0.3) is 5.69 Å². The molecule has 7 nitrogen and oxygen atoms in total. The number of benzene rings is 1. The van der Waals surface area contributed by atoms with E-state index in [1.54, 1.807) is 12.3 Å². The Hall–Kier alpha value is -3.48. The molecule has 2 aliphatic rings. The molecule has 2 amide bonds. The molecule has 1 aromatic carbocycles. The number of carbonyl (C=O) groups excluding carboxylic acids is 2. The van der Waals surface area contributed by atoms with Gasteiger partial charge >= 0.3 is 0 Å². The highest BCUT2D eigenvalue weighted by atomic mass is 16.2. The third-order valence-corrected chi connectivity index (χ3v) is 6.20. The highest BCUT2D eigenvalue weighted by molar-refractivity contribution is 5.95. The fraction of sp³-hybridized carbons (Fsp3) is 0.333. The van der Waals surface area contributed by atoms with Gasteiger partial charge in [0.05, 0.1) is 5.69 Å². The quantitative estimate of drug-likeness (QED) is 0.709. The van der Waals surface area contributed by atoms with Gasteiger partial charge in [-0.2, -0.15) is 5.10 Å². The van der Waals surface area contributed by atoms with E-state index in [0.29, 0.717) is 37.4 Å². The van der Waals surface area contributed by atoms with Crippen LogP contribution in [0.15, 0.2) is 54.7 Å². The van der Waals surface area contributed by atoms with Gasteiger partial charge in [0.1, 0.15) is 5.82 Å². The summed E-state index contributed by atoms with van der Waals surface area (Å²) in [6.07, 6.45) is 5.84. The van der Waals surface area contributed by atoms with Crippen LogP contribution >= 0.6 is 0 Å². The zero-order valence-electron chi connectivity index (χ0n) is 17.3. The van der Waals surface area contributed by atoms with Gasteiger partial charge in [-0.3, -0.25) is 9.59 Å². The normalized spacial score (nSPS) is 16.2. The maximum atomic E-state index is 13.3. The van der Waals surface area contributed by atoms with E-state index in [4.69, 9.17) is 5.10 Å². The lowest BCUT2D eigenvalue weighted by atomic mass is 9.95. The third kappa shape index (κ3) is 3.83. The van der Waals surface area contributed by atoms with Crippen molar-refractivity contribution in [2.45, 2.75) is 32.1 Å². The molecule has 1 N–H and O–H groups in total. The Bertz CT molecular complexity index is 1090. The molecule has 1 fully saturated rings. The summed E-state index contributed by atoms with van der Waals surface area (Å²) in [5.41, 5.74) is 3.81. The van der Waals surface area contributed by atoms with Crippen molar-refractivity contribution in [2.24, 2.45) is 5.92 Å². The molecule has 1 aliphatic heterocycles. The number of piperidine rings is 1. The molecule has 158 valence electrons. The van der Waals surface area contributed by atoms with Gasteiger partial charge < -0.3 is 10.2 Å². The maximum Gasteiger partial charge on any atom is 0.274 e. The highest BCUT2D eigenvalue weighted by Crippen LogP contribution is 2.29. The van der Waals surface area contributed by atoms with E-state index in [0.717, 1.165) is 36.2 Å². The highest BCUT2D eigenvalue weighted by Gasteiger charge is 2.33. The Kier molecular flexibility index (Phi) is 5.24. The van der Waals surface area contributed by atoms with Crippen LogP contribution < -0.4 is 5.32 Å². The van der Waals surface area contributed by atoms with Crippen LogP contribution in [0, 0.1) is 5.92 Å². The van der Waals surface area contributed by atoms with Gasteiger partial charge in [0.15, 0.2) is 5.69 Å². The number of amides is 2. The number of pyridine rings is 1. The number of hydrogen-bond donors (Lipinski definition) is 1. The molecule has 0 spiro atoms. The van der Waals surface area contributed by atoms with Gasteiger partial charge in [-0.15, -0.1) is 0 Å². The van der Waals surface area contributed by atoms with Crippen molar-refractivity contribution in [1.29, 1.82) is 0 Å². The van der Waals surface area contributed by atoms with Crippen LogP contribution in [0.5, 0.6) is 0 Å². The minimum atomic E-state index is -0.112. The fourth-order valence-electron chi connectivity index (χ4n) is 4.55. The summed E-state index contributed by atoms with van der Waals surface area (Å²) >= 11 is 0. The molecule has 0 saturated carbocycles. The Morgan fingerprint density at radius 3 is 2.48 bits per heavy atom. The molecule has 5 rings (SSSR count). The summed E-state index contributed by atoms with van der Waals surface area (Å²) in [4.78, 5) is 31.9. The van der Waals surface area contributed by atoms with Crippen LogP contribution in [0.2, 0.25) is 0 Å². The lowest BCUT2D eigenvalue weighted by Gasteiger charge is -2.31. The first-order valence-electron chi connectivity index (χ1n) is 10.9. The summed E-state index contributed by atoms with van der Waals surface area (Å²) in [6.45, 7) is 1.12. The van der Waals surface area contributed by atoms with Crippen molar-refractivity contribution in [3.63, 3.8) is 0 Å². The number of nitrogens with zero attached hydrogens (tertiary/aromatic N) is 4. The van der Waals surface area contributed by atoms with E-state index in [2.05, 4.69) is 10.3 Å². The molecule has 3 aromatic rings. The van der Waals surface area contributed by atoms with Gasteiger partial charge in [-0.25, -0.2) is 9.67 Å². The van der Waals surface area contributed by atoms with Crippen LogP contribution in [0.4, 0.5) is 5.82 Å². The molecule has 7 heteroatoms. The van der Waals surface area contributed by atoms with Crippen molar-refractivity contribution < 1.29 is 9.59 Å². The number of carbonyl (C=O) groups is 2. The Balaban J connectivity index is 1.28. The average Bonchev–Trinajstić information content (AvgIpc) is 3.43. The molecular weight excluding hydrogens is 390 g/mol. The van der Waals surface area contributed by atoms with Gasteiger partial charge in [-0.05, 0) is 56.4 Å². The summed E-state index contributed by atoms with van der Waals surface area (Å²) in [5, 5.41) is 7.60. The summed E-state index contributed by atoms with van der Waals surface area (Å²) in [7, 11) is 0. The number of aromatic nitrogens is 3. The average molecular weight is 415 g/mol. The zero-order chi connectivity index (χ0) is 21.2. The van der Waals surface area contributed by atoms with Crippen LogP contribution in [-0.4, -0.2) is 44.6 Å². The molecule has 2 aromatic heterocycles. The zero-order valence-corrected chi connectivity index (χ0v) is 17.3. The molecule has 0 radical (unpaired) electrons. The Morgan fingerprint density at radius 1 is 0.968 bits per heavy atom. The molecule has 0 atom stereocenters. The topological polar surface area (TPSA) is 80.1 Å². The summed E-state index contributed by atoms with van der Waals surface area (Å²) in [6, 6.07) is 15.4. The van der Waals surface area contributed by atoms with E-state index in [1.807, 2.05) is 52.0 Å². The van der Waals surface area contributed by atoms with E-state index >= 15 is 0 Å². The van der Waals surface area contributed by atoms with Gasteiger partial charge in [0.25, 0.3) is 5.91 Å². The predicted molar refractivity (Wildman–Crippen MR) is 117 cm³/mol. The summed E-state index contributed by atoms with van der Waals surface area (Å²) < 4.78 is 1.93. The van der Waals surface area contributed by atoms with Crippen molar-refractivity contribution in [2.75, 3.05) is 18.4 Å². The number of hydrogen-bond acceptors (Lipinski definition) is 4. The molecule has 3 heterocycles. The number of anilines is 1. The van der Waals surface area contributed by atoms with Crippen LogP contribution in [0.1, 0.15) is 41.0 Å². The maximum absolute atomic E-state index is 13.3. The van der Waals surface area contributed by atoms with Crippen molar-refractivity contribution in [3.8, 4) is 5.69 Å². The summed E-state index contributed by atoms with van der Waals surface area (Å²) in [5.74, 6) is 0.406. The second kappa shape index (κ2) is 8.34. The molecule has 1 saturated heterocycles. The van der Waals surface area contributed by atoms with Crippen molar-refractivity contribution in [1.82, 2.24) is 19.7 Å². The molecule has 0 bridgehead atoms. The Morgan fingerprint density at radius 2 is 1.74 bits per heavy atom. The first kappa shape index (κ1) is 19.5. The monoisotopic (exact) mass is 415 g/mol. The standard InChI is InChI=1S/C24H25N5O2/c30-23(26-21-11-4-5-14-25-21)17-12-15-28(16-13-17)24(31)22-19-9-6-10-20(19)29(27-22)18-7-2-1-3-8-18/h1-5,7-8,11,14,17H,6,9-10,12-13,15-16H2,(H,25,26,30). The van der Waals surface area contributed by atoms with Crippen LogP contribution in [0.3, 0.4) is 0 Å². The first-order valence-corrected chi connectivity index (χ1v) is 10.9. The lowest BCUT2D eigenvalue weighted by molar-refractivity contribution is -0.121. The first-order chi connectivity index (χ1) is 15.2. The van der Waals surface area contributed by atoms with E-state index in [1.165, 1.54) is 0 Å². The number of nitrogens with one attached hydrogen (secondary N) is 1. The molecule has 0 unspecified atom stereocenters. The van der Waals surface area contributed by atoms with E-state index in [9.17, 15) is 9.59 Å². The number of rotatable bonds is 4. The number of para-hydroxylation sites is 1. The molecule has 1 aliphatic carbocycles. The van der Waals surface area contributed by atoms with E-state index < -0.39 is 0 Å². The van der Waals surface area contributed by atoms with Gasteiger partial charge in [-0.1, -0.05) is 24.3 Å². The molecule has 31 heavy (non-hydrogen) atoms. The minimum absolute atomic E-state index is 0.0172. The van der Waals surface area contributed by atoms with Gasteiger partial charge in [0, 0.05) is 36.5 Å². The third-order valence-electron chi connectivity index (χ3n) is 6.20. The van der Waals surface area contributed by atoms with Crippen molar-refractivity contribution >= 4 is 17.6 Å². The van der Waals surface area contributed by atoms with E-state index in [-0.39, 0.29) is 17.7 Å². The second-order valence-electron chi connectivity index (χ2n) is 8.15. The second-order valence-corrected chi connectivity index (χ2v) is 8.15. The largest absolute Gasteiger partial charge is 0.337 e. The number of likely N-dealkylation sites (tertiary alicyclic amines) is 1. The lowest BCUT2D eigenvalue weighted by Crippen LogP contribution is -2.42. The van der Waals surface area contributed by atoms with Crippen LogP contribution in [-0.2, 0) is 17.6 Å². The minimum Gasteiger partial charge on any atom is -0.337 e. The molecular formula is C24H25N5O2. The smallest absolute Gasteiger partial charge is 0.274 e.